The first-order valence-electron chi connectivity index (χ1n) is 8.26. The van der Waals surface area contributed by atoms with Crippen LogP contribution >= 0.6 is 0 Å². The third-order valence-corrected chi connectivity index (χ3v) is 5.29. The van der Waals surface area contributed by atoms with Gasteiger partial charge in [-0.05, 0) is 43.1 Å². The highest BCUT2D eigenvalue weighted by Crippen LogP contribution is 2.52. The van der Waals surface area contributed by atoms with E-state index in [-0.39, 0.29) is 16.7 Å². The summed E-state index contributed by atoms with van der Waals surface area (Å²) in [5.41, 5.74) is 1.38. The lowest BCUT2D eigenvalue weighted by Gasteiger charge is -2.39. The number of nitrogens with zero attached hydrogens (tertiary/aromatic N) is 5. The van der Waals surface area contributed by atoms with E-state index in [2.05, 4.69) is 36.0 Å². The van der Waals surface area contributed by atoms with Crippen molar-refractivity contribution >= 4 is 11.7 Å². The molecule has 2 aromatic heterocycles. The molecule has 6 heteroatoms. The molecular weight excluding hydrogens is 290 g/mol. The fourth-order valence-corrected chi connectivity index (χ4v) is 4.85. The van der Waals surface area contributed by atoms with Gasteiger partial charge in [-0.25, -0.2) is 4.98 Å². The van der Waals surface area contributed by atoms with Gasteiger partial charge in [-0.2, -0.15) is 0 Å². The van der Waals surface area contributed by atoms with Gasteiger partial charge in [0.05, 0.1) is 0 Å². The first-order chi connectivity index (χ1) is 10.8. The Morgan fingerprint density at radius 3 is 2.83 bits per heavy atom. The number of amides is 1. The molecule has 0 spiro atoms. The second-order valence-electron chi connectivity index (χ2n) is 8.41. The highest BCUT2D eigenvalue weighted by Gasteiger charge is 2.51. The third-order valence-electron chi connectivity index (χ3n) is 5.29. The minimum Gasteiger partial charge on any atom is -0.332 e. The number of aromatic nitrogens is 4. The summed E-state index contributed by atoms with van der Waals surface area (Å²) in [5, 5.41) is 8.17. The van der Waals surface area contributed by atoms with Crippen molar-refractivity contribution in [2.75, 3.05) is 6.54 Å². The Morgan fingerprint density at radius 1 is 1.26 bits per heavy atom. The van der Waals surface area contributed by atoms with Crippen molar-refractivity contribution in [2.45, 2.75) is 53.0 Å². The lowest BCUT2D eigenvalue weighted by molar-refractivity contribution is 0.0694. The molecule has 0 N–H and O–H groups in total. The van der Waals surface area contributed by atoms with Gasteiger partial charge in [0, 0.05) is 24.5 Å². The molecule has 6 nitrogen and oxygen atoms in total. The SMILES string of the molecule is Cc1ccn2c(C(=O)N3C[C@]4(C)C[C@H]3CC(C)(C)C4)nnc2n1. The van der Waals surface area contributed by atoms with Crippen molar-refractivity contribution in [1.82, 2.24) is 24.5 Å². The highest BCUT2D eigenvalue weighted by atomic mass is 16.2. The molecule has 122 valence electrons. The van der Waals surface area contributed by atoms with Crippen LogP contribution in [0.4, 0.5) is 0 Å². The monoisotopic (exact) mass is 313 g/mol. The Hall–Kier alpha value is -1.98. The van der Waals surface area contributed by atoms with Crippen LogP contribution in [0.5, 0.6) is 0 Å². The molecule has 2 fully saturated rings. The Balaban J connectivity index is 1.69. The van der Waals surface area contributed by atoms with Gasteiger partial charge < -0.3 is 4.90 Å². The molecule has 23 heavy (non-hydrogen) atoms. The van der Waals surface area contributed by atoms with Crippen LogP contribution in [-0.4, -0.2) is 43.0 Å². The van der Waals surface area contributed by atoms with Gasteiger partial charge in [-0.3, -0.25) is 9.20 Å². The summed E-state index contributed by atoms with van der Waals surface area (Å²) in [5.74, 6) is 0.845. The molecule has 1 saturated carbocycles. The molecule has 1 amide bonds. The van der Waals surface area contributed by atoms with Gasteiger partial charge in [0.2, 0.25) is 5.82 Å². The van der Waals surface area contributed by atoms with E-state index < -0.39 is 0 Å². The first kappa shape index (κ1) is 14.6. The number of likely N-dealkylation sites (tertiary alicyclic amines) is 1. The molecular formula is C17H23N5O. The van der Waals surface area contributed by atoms with E-state index in [4.69, 9.17) is 0 Å². The summed E-state index contributed by atoms with van der Waals surface area (Å²) in [6, 6.07) is 2.18. The number of fused-ring (bicyclic) bond motifs is 3. The van der Waals surface area contributed by atoms with Crippen molar-refractivity contribution < 1.29 is 4.79 Å². The first-order valence-corrected chi connectivity index (χ1v) is 8.26. The largest absolute Gasteiger partial charge is 0.332 e. The van der Waals surface area contributed by atoms with Gasteiger partial charge in [0.25, 0.3) is 11.7 Å². The van der Waals surface area contributed by atoms with Crippen molar-refractivity contribution in [3.8, 4) is 0 Å². The number of carbonyl (C=O) groups excluding carboxylic acids is 1. The predicted octanol–water partition coefficient (Wildman–Crippen LogP) is 2.47. The second kappa shape index (κ2) is 4.52. The maximum Gasteiger partial charge on any atom is 0.292 e. The summed E-state index contributed by atoms with van der Waals surface area (Å²) in [4.78, 5) is 19.4. The standard InChI is InChI=1S/C17H23N5O/c1-11-5-6-21-13(19-20-15(21)18-11)14(23)22-10-17(4)8-12(22)7-16(2,3)9-17/h5-6,12H,7-10H2,1-4H3/t12-,17-/m1/s1. The molecule has 2 aliphatic rings. The molecule has 1 aliphatic heterocycles. The van der Waals surface area contributed by atoms with E-state index in [0.717, 1.165) is 25.1 Å². The number of aryl methyl sites for hydroxylation is 1. The predicted molar refractivity (Wildman–Crippen MR) is 86.1 cm³/mol. The Bertz CT molecular complexity index is 795. The van der Waals surface area contributed by atoms with E-state index >= 15 is 0 Å². The molecule has 0 unspecified atom stereocenters. The van der Waals surface area contributed by atoms with Gasteiger partial charge in [-0.15, -0.1) is 10.2 Å². The van der Waals surface area contributed by atoms with E-state index in [9.17, 15) is 4.79 Å². The van der Waals surface area contributed by atoms with Crippen molar-refractivity contribution in [1.29, 1.82) is 0 Å². The van der Waals surface area contributed by atoms with Gasteiger partial charge in [0.1, 0.15) is 0 Å². The molecule has 0 radical (unpaired) electrons. The van der Waals surface area contributed by atoms with Gasteiger partial charge >= 0.3 is 0 Å². The van der Waals surface area contributed by atoms with E-state index in [1.807, 2.05) is 24.1 Å². The van der Waals surface area contributed by atoms with Gasteiger partial charge in [0.15, 0.2) is 0 Å². The Kier molecular flexibility index (Phi) is 2.87. The molecule has 2 atom stereocenters. The lowest BCUT2D eigenvalue weighted by Crippen LogP contribution is -2.38. The average Bonchev–Trinajstić information content (AvgIpc) is 2.95. The molecule has 1 aliphatic carbocycles. The number of hydrogen-bond donors (Lipinski definition) is 0. The van der Waals surface area contributed by atoms with Crippen molar-refractivity contribution in [3.63, 3.8) is 0 Å². The van der Waals surface area contributed by atoms with Crippen LogP contribution in [0, 0.1) is 17.8 Å². The quantitative estimate of drug-likeness (QED) is 0.811. The average molecular weight is 313 g/mol. The molecule has 2 aromatic rings. The maximum absolute atomic E-state index is 13.1. The van der Waals surface area contributed by atoms with Crippen LogP contribution in [0.1, 0.15) is 56.3 Å². The zero-order valence-corrected chi connectivity index (χ0v) is 14.2. The molecule has 2 bridgehead atoms. The highest BCUT2D eigenvalue weighted by molar-refractivity contribution is 5.91. The van der Waals surface area contributed by atoms with Crippen molar-refractivity contribution in [3.05, 3.63) is 23.8 Å². The van der Waals surface area contributed by atoms with Crippen LogP contribution in [0.2, 0.25) is 0 Å². The topological polar surface area (TPSA) is 63.4 Å². The van der Waals surface area contributed by atoms with E-state index in [1.165, 1.54) is 6.42 Å². The van der Waals surface area contributed by atoms with Crippen LogP contribution < -0.4 is 0 Å². The number of carbonyl (C=O) groups is 1. The van der Waals surface area contributed by atoms with Crippen LogP contribution in [0.3, 0.4) is 0 Å². The number of rotatable bonds is 1. The van der Waals surface area contributed by atoms with Crippen LogP contribution in [0.15, 0.2) is 12.3 Å². The zero-order valence-electron chi connectivity index (χ0n) is 14.2. The molecule has 4 rings (SSSR count). The molecule has 0 aromatic carbocycles. The maximum atomic E-state index is 13.1. The third kappa shape index (κ3) is 2.31. The Morgan fingerprint density at radius 2 is 2.04 bits per heavy atom. The zero-order chi connectivity index (χ0) is 16.4. The fraction of sp³-hybridized carbons (Fsp3) is 0.647. The number of hydrogen-bond acceptors (Lipinski definition) is 4. The summed E-state index contributed by atoms with van der Waals surface area (Å²) in [6.07, 6.45) is 5.15. The van der Waals surface area contributed by atoms with Gasteiger partial charge in [-0.1, -0.05) is 20.8 Å². The second-order valence-corrected chi connectivity index (χ2v) is 8.41. The summed E-state index contributed by atoms with van der Waals surface area (Å²) < 4.78 is 1.70. The lowest BCUT2D eigenvalue weighted by atomic mass is 9.65. The normalized spacial score (nSPS) is 29.2. The molecule has 1 saturated heterocycles. The van der Waals surface area contributed by atoms with Crippen LogP contribution in [0.25, 0.3) is 5.78 Å². The summed E-state index contributed by atoms with van der Waals surface area (Å²) in [7, 11) is 0. The summed E-state index contributed by atoms with van der Waals surface area (Å²) >= 11 is 0. The van der Waals surface area contributed by atoms with E-state index in [0.29, 0.717) is 17.6 Å². The Labute approximate surface area is 135 Å². The van der Waals surface area contributed by atoms with E-state index in [1.54, 1.807) is 4.40 Å². The minimum atomic E-state index is -0.0189. The fourth-order valence-electron chi connectivity index (χ4n) is 4.85. The summed E-state index contributed by atoms with van der Waals surface area (Å²) in [6.45, 7) is 9.65. The minimum absolute atomic E-state index is 0.0189. The van der Waals surface area contributed by atoms with Crippen LogP contribution in [-0.2, 0) is 0 Å². The molecule has 3 heterocycles. The van der Waals surface area contributed by atoms with Crippen molar-refractivity contribution in [2.24, 2.45) is 10.8 Å². The smallest absolute Gasteiger partial charge is 0.292 e.